The highest BCUT2D eigenvalue weighted by Crippen LogP contribution is 2.17. The van der Waals surface area contributed by atoms with Gasteiger partial charge in [0, 0.05) is 6.54 Å². The van der Waals surface area contributed by atoms with Crippen LogP contribution in [0, 0.1) is 6.92 Å². The van der Waals surface area contributed by atoms with Gasteiger partial charge < -0.3 is 10.4 Å². The minimum atomic E-state index is -0.141. The van der Waals surface area contributed by atoms with Crippen molar-refractivity contribution in [2.75, 3.05) is 6.54 Å². The van der Waals surface area contributed by atoms with Crippen LogP contribution in [0.25, 0.3) is 0 Å². The molecule has 0 bridgehead atoms. The van der Waals surface area contributed by atoms with E-state index in [0.717, 1.165) is 16.5 Å². The molecule has 0 saturated heterocycles. The SMILES string of the molecule is C.Cc1ccc(B(OC(CN)c2ccccc2)c2ccccc2)cc1. The summed E-state index contributed by atoms with van der Waals surface area (Å²) in [5.41, 5.74) is 10.6. The molecular weight excluding hydrogens is 305 g/mol. The monoisotopic (exact) mass is 331 g/mol. The highest BCUT2D eigenvalue weighted by atomic mass is 16.4. The maximum Gasteiger partial charge on any atom is 0.362 e. The van der Waals surface area contributed by atoms with Crippen molar-refractivity contribution in [3.05, 3.63) is 96.1 Å². The molecule has 0 spiro atoms. The molecule has 2 nitrogen and oxygen atoms in total. The molecule has 2 N–H and O–H groups in total. The summed E-state index contributed by atoms with van der Waals surface area (Å²) in [5.74, 6) is 0. The zero-order valence-corrected chi connectivity index (χ0v) is 13.9. The van der Waals surface area contributed by atoms with E-state index >= 15 is 0 Å². The van der Waals surface area contributed by atoms with Crippen molar-refractivity contribution in [2.45, 2.75) is 20.5 Å². The quantitative estimate of drug-likeness (QED) is 0.702. The molecule has 3 aromatic carbocycles. The Labute approximate surface area is 151 Å². The Morgan fingerprint density at radius 2 is 1.32 bits per heavy atom. The lowest BCUT2D eigenvalue weighted by Crippen LogP contribution is -2.46. The number of aryl methyl sites for hydroxylation is 1. The third-order valence-electron chi connectivity index (χ3n) is 4.17. The number of hydrogen-bond acceptors (Lipinski definition) is 2. The third-order valence-corrected chi connectivity index (χ3v) is 4.17. The van der Waals surface area contributed by atoms with Crippen LogP contribution in [0.5, 0.6) is 0 Å². The summed E-state index contributed by atoms with van der Waals surface area (Å²) < 4.78 is 6.47. The molecule has 0 aliphatic heterocycles. The Balaban J connectivity index is 0.00000225. The standard InChI is InChI=1S/C21H22BNO.CH4/c1-17-12-14-20(15-13-17)22(19-10-6-3-7-11-19)24-21(16-23)18-8-4-2-5-9-18;/h2-15,21H,16,23H2,1H3;1H4. The van der Waals surface area contributed by atoms with Crippen LogP contribution >= 0.6 is 0 Å². The smallest absolute Gasteiger partial charge is 0.362 e. The minimum absolute atomic E-state index is 0. The predicted molar refractivity (Wildman–Crippen MR) is 109 cm³/mol. The fraction of sp³-hybridized carbons (Fsp3) is 0.182. The second-order valence-electron chi connectivity index (χ2n) is 5.97. The summed E-state index contributed by atoms with van der Waals surface area (Å²) in [5, 5.41) is 0. The number of benzene rings is 3. The van der Waals surface area contributed by atoms with E-state index in [1.54, 1.807) is 0 Å². The average Bonchev–Trinajstić information content (AvgIpc) is 2.65. The van der Waals surface area contributed by atoms with Gasteiger partial charge in [-0.3, -0.25) is 0 Å². The van der Waals surface area contributed by atoms with Gasteiger partial charge in [0.2, 0.25) is 0 Å². The molecule has 3 rings (SSSR count). The number of nitrogens with two attached hydrogens (primary N) is 1. The van der Waals surface area contributed by atoms with Crippen molar-refractivity contribution in [1.29, 1.82) is 0 Å². The number of hydrogen-bond donors (Lipinski definition) is 1. The first kappa shape index (κ1) is 19.0. The molecular formula is C22H26BNO. The van der Waals surface area contributed by atoms with Crippen LogP contribution in [0.15, 0.2) is 84.9 Å². The maximum absolute atomic E-state index is 6.47. The molecule has 0 heterocycles. The molecule has 1 atom stereocenters. The van der Waals surface area contributed by atoms with Gasteiger partial charge >= 0.3 is 6.92 Å². The molecule has 0 aromatic heterocycles. The Kier molecular flexibility index (Phi) is 6.99. The largest absolute Gasteiger partial charge is 0.419 e. The van der Waals surface area contributed by atoms with Crippen molar-refractivity contribution in [3.63, 3.8) is 0 Å². The van der Waals surface area contributed by atoms with Gasteiger partial charge in [0.05, 0.1) is 6.10 Å². The summed E-state index contributed by atoms with van der Waals surface area (Å²) in [6, 6.07) is 29.0. The molecule has 0 aliphatic rings. The van der Waals surface area contributed by atoms with Crippen molar-refractivity contribution in [1.82, 2.24) is 0 Å². The van der Waals surface area contributed by atoms with Gasteiger partial charge in [0.25, 0.3) is 0 Å². The van der Waals surface area contributed by atoms with Crippen LogP contribution in [0.2, 0.25) is 0 Å². The van der Waals surface area contributed by atoms with Crippen molar-refractivity contribution in [2.24, 2.45) is 5.73 Å². The normalized spacial score (nSPS) is 11.4. The highest BCUT2D eigenvalue weighted by molar-refractivity contribution is 6.80. The second kappa shape index (κ2) is 9.21. The predicted octanol–water partition coefficient (Wildman–Crippen LogP) is 3.45. The van der Waals surface area contributed by atoms with Crippen molar-refractivity contribution < 1.29 is 4.65 Å². The zero-order chi connectivity index (χ0) is 16.8. The van der Waals surface area contributed by atoms with Crippen LogP contribution in [0.1, 0.15) is 24.7 Å². The van der Waals surface area contributed by atoms with E-state index in [4.69, 9.17) is 10.4 Å². The first-order chi connectivity index (χ1) is 11.8. The minimum Gasteiger partial charge on any atom is -0.419 e. The Hall–Kier alpha value is -2.36. The third kappa shape index (κ3) is 4.82. The lowest BCUT2D eigenvalue weighted by atomic mass is 9.55. The lowest BCUT2D eigenvalue weighted by Gasteiger charge is -2.23. The van der Waals surface area contributed by atoms with Crippen LogP contribution < -0.4 is 16.7 Å². The molecule has 1 unspecified atom stereocenters. The van der Waals surface area contributed by atoms with E-state index in [2.05, 4.69) is 55.5 Å². The Bertz CT molecular complexity index is 744. The van der Waals surface area contributed by atoms with E-state index in [0.29, 0.717) is 6.54 Å². The summed E-state index contributed by atoms with van der Waals surface area (Å²) in [7, 11) is 0. The highest BCUT2D eigenvalue weighted by Gasteiger charge is 2.25. The van der Waals surface area contributed by atoms with Gasteiger partial charge in [-0.15, -0.1) is 0 Å². The van der Waals surface area contributed by atoms with Gasteiger partial charge in [-0.25, -0.2) is 0 Å². The van der Waals surface area contributed by atoms with E-state index in [1.165, 1.54) is 5.56 Å². The molecule has 0 aliphatic carbocycles. The van der Waals surface area contributed by atoms with Gasteiger partial charge in [-0.05, 0) is 23.4 Å². The molecule has 0 amide bonds. The van der Waals surface area contributed by atoms with Crippen LogP contribution in [0.4, 0.5) is 0 Å². The maximum atomic E-state index is 6.47. The topological polar surface area (TPSA) is 35.2 Å². The van der Waals surface area contributed by atoms with Gasteiger partial charge in [-0.2, -0.15) is 0 Å². The number of rotatable bonds is 6. The van der Waals surface area contributed by atoms with Gasteiger partial charge in [0.1, 0.15) is 0 Å². The van der Waals surface area contributed by atoms with Gasteiger partial charge in [-0.1, -0.05) is 97.9 Å². The Morgan fingerprint density at radius 3 is 1.88 bits per heavy atom. The van der Waals surface area contributed by atoms with Crippen LogP contribution in [-0.4, -0.2) is 13.5 Å². The molecule has 0 saturated carbocycles. The average molecular weight is 331 g/mol. The first-order valence-corrected chi connectivity index (χ1v) is 8.30. The Morgan fingerprint density at radius 1 is 0.800 bits per heavy atom. The van der Waals surface area contributed by atoms with E-state index < -0.39 is 0 Å². The van der Waals surface area contributed by atoms with Crippen LogP contribution in [-0.2, 0) is 4.65 Å². The van der Waals surface area contributed by atoms with E-state index in [1.807, 2.05) is 36.4 Å². The first-order valence-electron chi connectivity index (χ1n) is 8.30. The van der Waals surface area contributed by atoms with Crippen molar-refractivity contribution >= 4 is 17.8 Å². The molecule has 3 heteroatoms. The summed E-state index contributed by atoms with van der Waals surface area (Å²) >= 11 is 0. The molecule has 0 fully saturated rings. The fourth-order valence-electron chi connectivity index (χ4n) is 2.82. The molecule has 25 heavy (non-hydrogen) atoms. The fourth-order valence-corrected chi connectivity index (χ4v) is 2.82. The molecule has 3 aromatic rings. The summed E-state index contributed by atoms with van der Waals surface area (Å²) in [4.78, 5) is 0. The molecule has 128 valence electrons. The van der Waals surface area contributed by atoms with E-state index in [-0.39, 0.29) is 20.4 Å². The zero-order valence-electron chi connectivity index (χ0n) is 13.9. The van der Waals surface area contributed by atoms with Crippen molar-refractivity contribution in [3.8, 4) is 0 Å². The van der Waals surface area contributed by atoms with E-state index in [9.17, 15) is 0 Å². The second-order valence-corrected chi connectivity index (χ2v) is 5.97. The van der Waals surface area contributed by atoms with Gasteiger partial charge in [0.15, 0.2) is 0 Å². The summed E-state index contributed by atoms with van der Waals surface area (Å²) in [6.45, 7) is 2.40. The van der Waals surface area contributed by atoms with Crippen LogP contribution in [0.3, 0.4) is 0 Å². The lowest BCUT2D eigenvalue weighted by molar-refractivity contribution is 0.223. The summed E-state index contributed by atoms with van der Waals surface area (Å²) in [6.07, 6.45) is -0.141. The molecule has 0 radical (unpaired) electrons.